The van der Waals surface area contributed by atoms with Gasteiger partial charge in [-0.15, -0.1) is 0 Å². The third-order valence-corrected chi connectivity index (χ3v) is 3.81. The van der Waals surface area contributed by atoms with Gasteiger partial charge in [-0.1, -0.05) is 24.3 Å². The third kappa shape index (κ3) is 4.76. The van der Waals surface area contributed by atoms with Crippen molar-refractivity contribution in [1.82, 2.24) is 10.3 Å². The molecular weight excluding hydrogens is 342 g/mol. The van der Waals surface area contributed by atoms with Crippen LogP contribution in [0.3, 0.4) is 0 Å². The van der Waals surface area contributed by atoms with Crippen molar-refractivity contribution < 1.29 is 14.3 Å². The molecule has 0 radical (unpaired) electrons. The second-order valence-corrected chi connectivity index (χ2v) is 5.75. The lowest BCUT2D eigenvalue weighted by Gasteiger charge is -2.12. The lowest BCUT2D eigenvalue weighted by atomic mass is 10.2. The Morgan fingerprint density at radius 3 is 2.67 bits per heavy atom. The lowest BCUT2D eigenvalue weighted by molar-refractivity contribution is 0.0951. The minimum absolute atomic E-state index is 0.208. The van der Waals surface area contributed by atoms with Gasteiger partial charge in [0.25, 0.3) is 5.91 Å². The van der Waals surface area contributed by atoms with E-state index in [0.29, 0.717) is 36.0 Å². The molecule has 0 unspecified atom stereocenters. The van der Waals surface area contributed by atoms with E-state index < -0.39 is 0 Å². The number of carbonyl (C=O) groups is 1. The Morgan fingerprint density at radius 2 is 1.89 bits per heavy atom. The molecule has 0 fully saturated rings. The van der Waals surface area contributed by atoms with Crippen LogP contribution in [0.2, 0.25) is 0 Å². The first kappa shape index (κ1) is 18.3. The SMILES string of the molecule is CCOc1ccccc1Oc1cccc(CNC(=O)c2cccnc2N)c1. The predicted molar refractivity (Wildman–Crippen MR) is 104 cm³/mol. The molecule has 0 saturated heterocycles. The van der Waals surface area contributed by atoms with Crippen molar-refractivity contribution in [2.24, 2.45) is 0 Å². The molecule has 0 bridgehead atoms. The number of aromatic nitrogens is 1. The van der Waals surface area contributed by atoms with Crippen LogP contribution in [0.4, 0.5) is 5.82 Å². The predicted octanol–water partition coefficient (Wildman–Crippen LogP) is 3.78. The first-order valence-electron chi connectivity index (χ1n) is 8.64. The van der Waals surface area contributed by atoms with Crippen molar-refractivity contribution in [3.05, 3.63) is 78.0 Å². The molecular formula is C21H21N3O3. The Morgan fingerprint density at radius 1 is 1.07 bits per heavy atom. The summed E-state index contributed by atoms with van der Waals surface area (Å²) in [5, 5.41) is 2.84. The topological polar surface area (TPSA) is 86.5 Å². The maximum absolute atomic E-state index is 12.3. The minimum atomic E-state index is -0.270. The van der Waals surface area contributed by atoms with Gasteiger partial charge in [0.2, 0.25) is 0 Å². The molecule has 2 aromatic carbocycles. The molecule has 27 heavy (non-hydrogen) atoms. The number of benzene rings is 2. The third-order valence-electron chi connectivity index (χ3n) is 3.81. The summed E-state index contributed by atoms with van der Waals surface area (Å²) in [6.45, 7) is 2.83. The summed E-state index contributed by atoms with van der Waals surface area (Å²) in [6, 6.07) is 18.3. The molecule has 1 aromatic heterocycles. The van der Waals surface area contributed by atoms with Gasteiger partial charge in [-0.2, -0.15) is 0 Å². The summed E-state index contributed by atoms with van der Waals surface area (Å²) in [4.78, 5) is 16.2. The Kier molecular flexibility index (Phi) is 5.89. The molecule has 1 heterocycles. The second kappa shape index (κ2) is 8.71. The average Bonchev–Trinajstić information content (AvgIpc) is 2.68. The number of nitrogens with two attached hydrogens (primary N) is 1. The molecule has 0 aliphatic rings. The van der Waals surface area contributed by atoms with E-state index in [1.54, 1.807) is 18.3 Å². The number of nitrogens with zero attached hydrogens (tertiary/aromatic N) is 1. The number of pyridine rings is 1. The number of ether oxygens (including phenoxy) is 2. The quantitative estimate of drug-likeness (QED) is 0.667. The zero-order valence-electron chi connectivity index (χ0n) is 15.0. The maximum Gasteiger partial charge on any atom is 0.255 e. The van der Waals surface area contributed by atoms with Crippen molar-refractivity contribution in [1.29, 1.82) is 0 Å². The fraction of sp³-hybridized carbons (Fsp3) is 0.143. The number of para-hydroxylation sites is 2. The van der Waals surface area contributed by atoms with Crippen LogP contribution < -0.4 is 20.5 Å². The van der Waals surface area contributed by atoms with Gasteiger partial charge in [0.1, 0.15) is 11.6 Å². The lowest BCUT2D eigenvalue weighted by Crippen LogP contribution is -2.24. The highest BCUT2D eigenvalue weighted by Crippen LogP contribution is 2.31. The van der Waals surface area contributed by atoms with Crippen LogP contribution in [0.1, 0.15) is 22.8 Å². The fourth-order valence-electron chi connectivity index (χ4n) is 2.54. The number of nitrogen functional groups attached to an aromatic ring is 1. The van der Waals surface area contributed by atoms with Crippen LogP contribution in [-0.4, -0.2) is 17.5 Å². The highest BCUT2D eigenvalue weighted by molar-refractivity contribution is 5.98. The first-order chi connectivity index (χ1) is 13.2. The summed E-state index contributed by atoms with van der Waals surface area (Å²) >= 11 is 0. The average molecular weight is 363 g/mol. The molecule has 0 atom stereocenters. The van der Waals surface area contributed by atoms with Crippen molar-refractivity contribution in [2.75, 3.05) is 12.3 Å². The summed E-state index contributed by atoms with van der Waals surface area (Å²) in [7, 11) is 0. The van der Waals surface area contributed by atoms with E-state index in [1.807, 2.05) is 55.5 Å². The highest BCUT2D eigenvalue weighted by Gasteiger charge is 2.10. The molecule has 0 aliphatic carbocycles. The van der Waals surface area contributed by atoms with Gasteiger partial charge in [-0.05, 0) is 48.9 Å². The van der Waals surface area contributed by atoms with Crippen molar-refractivity contribution in [2.45, 2.75) is 13.5 Å². The smallest absolute Gasteiger partial charge is 0.255 e. The molecule has 3 rings (SSSR count). The number of nitrogens with one attached hydrogen (secondary N) is 1. The number of rotatable bonds is 7. The molecule has 6 heteroatoms. The fourth-order valence-corrected chi connectivity index (χ4v) is 2.54. The van der Waals surface area contributed by atoms with E-state index in [1.165, 1.54) is 0 Å². The van der Waals surface area contributed by atoms with Crippen LogP contribution in [0.15, 0.2) is 66.9 Å². The molecule has 3 aromatic rings. The van der Waals surface area contributed by atoms with Gasteiger partial charge in [0.05, 0.1) is 12.2 Å². The van der Waals surface area contributed by atoms with Crippen LogP contribution in [0, 0.1) is 0 Å². The van der Waals surface area contributed by atoms with E-state index in [2.05, 4.69) is 10.3 Å². The van der Waals surface area contributed by atoms with E-state index in [4.69, 9.17) is 15.2 Å². The maximum atomic E-state index is 12.3. The Bertz CT molecular complexity index is 928. The van der Waals surface area contributed by atoms with E-state index in [0.717, 1.165) is 5.56 Å². The van der Waals surface area contributed by atoms with Gasteiger partial charge in [0, 0.05) is 12.7 Å². The number of carbonyl (C=O) groups excluding carboxylic acids is 1. The summed E-state index contributed by atoms with van der Waals surface area (Å²) < 4.78 is 11.5. The number of hydrogen-bond donors (Lipinski definition) is 2. The zero-order valence-corrected chi connectivity index (χ0v) is 15.0. The molecule has 0 saturated carbocycles. The van der Waals surface area contributed by atoms with Gasteiger partial charge in [-0.3, -0.25) is 4.79 Å². The van der Waals surface area contributed by atoms with Gasteiger partial charge in [0.15, 0.2) is 11.5 Å². The number of amides is 1. The van der Waals surface area contributed by atoms with Crippen molar-refractivity contribution in [3.8, 4) is 17.2 Å². The monoisotopic (exact) mass is 363 g/mol. The standard InChI is InChI=1S/C21H21N3O3/c1-2-26-18-10-3-4-11-19(18)27-16-8-5-7-15(13-16)14-24-21(25)17-9-6-12-23-20(17)22/h3-13H,2,14H2,1H3,(H2,22,23)(H,24,25). The molecule has 0 aliphatic heterocycles. The van der Waals surface area contributed by atoms with Crippen LogP contribution in [0.5, 0.6) is 17.2 Å². The van der Waals surface area contributed by atoms with Crippen LogP contribution in [0.25, 0.3) is 0 Å². The van der Waals surface area contributed by atoms with Gasteiger partial charge < -0.3 is 20.5 Å². The second-order valence-electron chi connectivity index (χ2n) is 5.75. The van der Waals surface area contributed by atoms with Crippen LogP contribution in [-0.2, 0) is 6.54 Å². The first-order valence-corrected chi connectivity index (χ1v) is 8.64. The molecule has 3 N–H and O–H groups in total. The Hall–Kier alpha value is -3.54. The van der Waals surface area contributed by atoms with E-state index in [-0.39, 0.29) is 11.7 Å². The summed E-state index contributed by atoms with van der Waals surface area (Å²) in [6.07, 6.45) is 1.55. The van der Waals surface area contributed by atoms with Gasteiger partial charge in [-0.25, -0.2) is 4.98 Å². The molecule has 138 valence electrons. The van der Waals surface area contributed by atoms with Crippen molar-refractivity contribution >= 4 is 11.7 Å². The normalized spacial score (nSPS) is 10.3. The van der Waals surface area contributed by atoms with Gasteiger partial charge >= 0.3 is 0 Å². The Balaban J connectivity index is 1.68. The zero-order chi connectivity index (χ0) is 19.1. The molecule has 1 amide bonds. The summed E-state index contributed by atoms with van der Waals surface area (Å²) in [5.41, 5.74) is 6.99. The number of anilines is 1. The van der Waals surface area contributed by atoms with E-state index >= 15 is 0 Å². The van der Waals surface area contributed by atoms with Crippen molar-refractivity contribution in [3.63, 3.8) is 0 Å². The Labute approximate surface area is 158 Å². The minimum Gasteiger partial charge on any atom is -0.490 e. The highest BCUT2D eigenvalue weighted by atomic mass is 16.5. The molecule has 6 nitrogen and oxygen atoms in total. The van der Waals surface area contributed by atoms with E-state index in [9.17, 15) is 4.79 Å². The largest absolute Gasteiger partial charge is 0.490 e. The van der Waals surface area contributed by atoms with Crippen LogP contribution >= 0.6 is 0 Å². The summed E-state index contributed by atoms with van der Waals surface area (Å²) in [5.74, 6) is 1.93. The molecule has 0 spiro atoms. The number of hydrogen-bond acceptors (Lipinski definition) is 5.